The van der Waals surface area contributed by atoms with Crippen LogP contribution in [-0.2, 0) is 9.59 Å². The Kier molecular flexibility index (Phi) is 6.07. The highest BCUT2D eigenvalue weighted by molar-refractivity contribution is 9.11. The molecule has 2 aromatic rings. The summed E-state index contributed by atoms with van der Waals surface area (Å²) in [4.78, 5) is 43.8. The van der Waals surface area contributed by atoms with Crippen molar-refractivity contribution in [2.24, 2.45) is 0 Å². The molecule has 2 aliphatic rings. The standard InChI is InChI=1S/C20H18BrN3O3S2/c21-17-7-6-15(28-17)12-16-19(26)24(20(27)29-16)13-18(25)23-10-8-22(9-11-23)14-4-2-1-3-5-14/h1-7,12H,8-11,13H2/b16-12+. The number of rotatable bonds is 4. The van der Waals surface area contributed by atoms with Gasteiger partial charge in [-0.25, -0.2) is 0 Å². The molecule has 4 rings (SSSR count). The summed E-state index contributed by atoms with van der Waals surface area (Å²) in [5.74, 6) is -0.596. The van der Waals surface area contributed by atoms with E-state index >= 15 is 0 Å². The van der Waals surface area contributed by atoms with Crippen molar-refractivity contribution in [3.63, 3.8) is 0 Å². The molecule has 29 heavy (non-hydrogen) atoms. The van der Waals surface area contributed by atoms with E-state index in [-0.39, 0.29) is 12.5 Å². The van der Waals surface area contributed by atoms with Crippen molar-refractivity contribution >= 4 is 67.8 Å². The molecule has 2 saturated heterocycles. The van der Waals surface area contributed by atoms with E-state index in [1.165, 1.54) is 11.3 Å². The third-order valence-electron chi connectivity index (χ3n) is 4.79. The maximum absolute atomic E-state index is 12.7. The highest BCUT2D eigenvalue weighted by Gasteiger charge is 2.37. The predicted octanol–water partition coefficient (Wildman–Crippen LogP) is 3.90. The van der Waals surface area contributed by atoms with Gasteiger partial charge in [-0.1, -0.05) is 18.2 Å². The van der Waals surface area contributed by atoms with Crippen molar-refractivity contribution in [2.45, 2.75) is 0 Å². The summed E-state index contributed by atoms with van der Waals surface area (Å²) < 4.78 is 0.952. The number of amides is 3. The molecule has 0 saturated carbocycles. The molecule has 0 atom stereocenters. The van der Waals surface area contributed by atoms with Crippen molar-refractivity contribution in [3.8, 4) is 0 Å². The molecule has 3 amide bonds. The minimum absolute atomic E-state index is 0.194. The fraction of sp³-hybridized carbons (Fsp3) is 0.250. The zero-order valence-corrected chi connectivity index (χ0v) is 18.6. The van der Waals surface area contributed by atoms with Gasteiger partial charge < -0.3 is 9.80 Å². The van der Waals surface area contributed by atoms with Crippen molar-refractivity contribution in [2.75, 3.05) is 37.6 Å². The van der Waals surface area contributed by atoms with Crippen LogP contribution in [0.1, 0.15) is 4.88 Å². The highest BCUT2D eigenvalue weighted by atomic mass is 79.9. The van der Waals surface area contributed by atoms with Crippen LogP contribution in [0.25, 0.3) is 6.08 Å². The largest absolute Gasteiger partial charge is 0.368 e. The molecule has 0 unspecified atom stereocenters. The average molecular weight is 492 g/mol. The lowest BCUT2D eigenvalue weighted by atomic mass is 10.2. The van der Waals surface area contributed by atoms with Crippen LogP contribution in [0.3, 0.4) is 0 Å². The van der Waals surface area contributed by atoms with Crippen LogP contribution >= 0.6 is 39.0 Å². The first kappa shape index (κ1) is 20.2. The second-order valence-electron chi connectivity index (χ2n) is 6.61. The van der Waals surface area contributed by atoms with Crippen LogP contribution in [0.4, 0.5) is 10.5 Å². The van der Waals surface area contributed by atoms with Crippen LogP contribution < -0.4 is 4.90 Å². The van der Waals surface area contributed by atoms with E-state index < -0.39 is 11.1 Å². The first-order valence-electron chi connectivity index (χ1n) is 9.10. The van der Waals surface area contributed by atoms with Crippen LogP contribution in [0.15, 0.2) is 51.2 Å². The van der Waals surface area contributed by atoms with Crippen LogP contribution in [0.2, 0.25) is 0 Å². The first-order valence-corrected chi connectivity index (χ1v) is 11.5. The summed E-state index contributed by atoms with van der Waals surface area (Å²) >= 11 is 5.75. The van der Waals surface area contributed by atoms with Gasteiger partial charge in [0.15, 0.2) is 0 Å². The molecule has 150 valence electrons. The van der Waals surface area contributed by atoms with Crippen LogP contribution in [0.5, 0.6) is 0 Å². The Morgan fingerprint density at radius 2 is 1.76 bits per heavy atom. The van der Waals surface area contributed by atoms with E-state index in [1.807, 2.05) is 30.3 Å². The summed E-state index contributed by atoms with van der Waals surface area (Å²) in [6.07, 6.45) is 1.70. The number of thiophene rings is 1. The second kappa shape index (κ2) is 8.73. The van der Waals surface area contributed by atoms with Crippen molar-refractivity contribution in [3.05, 3.63) is 56.0 Å². The van der Waals surface area contributed by atoms with E-state index in [0.717, 1.165) is 44.1 Å². The molecule has 0 spiro atoms. The molecule has 0 radical (unpaired) electrons. The fourth-order valence-electron chi connectivity index (χ4n) is 3.26. The number of piperazine rings is 1. The lowest BCUT2D eigenvalue weighted by Gasteiger charge is -2.36. The molecule has 3 heterocycles. The van der Waals surface area contributed by atoms with Gasteiger partial charge in [-0.15, -0.1) is 11.3 Å². The molecular formula is C20H18BrN3O3S2. The molecule has 1 aromatic heterocycles. The maximum atomic E-state index is 12.7. The number of nitrogens with zero attached hydrogens (tertiary/aromatic N) is 3. The van der Waals surface area contributed by atoms with E-state index in [9.17, 15) is 14.4 Å². The number of hydrogen-bond donors (Lipinski definition) is 0. The molecule has 9 heteroatoms. The average Bonchev–Trinajstić information content (AvgIpc) is 3.26. The summed E-state index contributed by atoms with van der Waals surface area (Å²) in [5.41, 5.74) is 1.14. The third kappa shape index (κ3) is 4.57. The molecule has 0 aliphatic carbocycles. The molecule has 2 aliphatic heterocycles. The smallest absolute Gasteiger partial charge is 0.294 e. The van der Waals surface area contributed by atoms with Crippen LogP contribution in [0, 0.1) is 0 Å². The number of halogens is 1. The fourth-order valence-corrected chi connectivity index (χ4v) is 5.53. The zero-order chi connectivity index (χ0) is 20.4. The van der Waals surface area contributed by atoms with Gasteiger partial charge in [-0.3, -0.25) is 19.3 Å². The number of carbonyl (C=O) groups excluding carboxylic acids is 3. The minimum Gasteiger partial charge on any atom is -0.368 e. The number of imide groups is 1. The highest BCUT2D eigenvalue weighted by Crippen LogP contribution is 2.34. The van der Waals surface area contributed by atoms with E-state index in [0.29, 0.717) is 18.0 Å². The number of para-hydroxylation sites is 1. The van der Waals surface area contributed by atoms with Gasteiger partial charge in [0.1, 0.15) is 6.54 Å². The Bertz CT molecular complexity index is 968. The summed E-state index contributed by atoms with van der Waals surface area (Å²) in [6, 6.07) is 13.8. The molecule has 6 nitrogen and oxygen atoms in total. The number of benzene rings is 1. The topological polar surface area (TPSA) is 60.9 Å². The number of thioether (sulfide) groups is 1. The molecule has 2 fully saturated rings. The maximum Gasteiger partial charge on any atom is 0.294 e. The summed E-state index contributed by atoms with van der Waals surface area (Å²) in [7, 11) is 0. The lowest BCUT2D eigenvalue weighted by molar-refractivity contribution is -0.136. The monoisotopic (exact) mass is 491 g/mol. The molecular weight excluding hydrogens is 474 g/mol. The quantitative estimate of drug-likeness (QED) is 0.607. The van der Waals surface area contributed by atoms with Gasteiger partial charge in [-0.2, -0.15) is 0 Å². The normalized spacial score (nSPS) is 18.8. The van der Waals surface area contributed by atoms with E-state index in [2.05, 4.69) is 33.0 Å². The number of anilines is 1. The Labute approximate surface area is 185 Å². The van der Waals surface area contributed by atoms with Crippen molar-refractivity contribution in [1.29, 1.82) is 0 Å². The Hall–Kier alpha value is -2.10. The Morgan fingerprint density at radius 1 is 1.03 bits per heavy atom. The van der Waals surface area contributed by atoms with Gasteiger partial charge in [-0.05, 0) is 58.0 Å². The van der Waals surface area contributed by atoms with Gasteiger partial charge in [0.05, 0.1) is 8.69 Å². The molecule has 0 N–H and O–H groups in total. The zero-order valence-electron chi connectivity index (χ0n) is 15.4. The van der Waals surface area contributed by atoms with E-state index in [4.69, 9.17) is 0 Å². The molecule has 0 bridgehead atoms. The van der Waals surface area contributed by atoms with Crippen molar-refractivity contribution < 1.29 is 14.4 Å². The summed E-state index contributed by atoms with van der Waals surface area (Å²) in [5, 5.41) is -0.395. The third-order valence-corrected chi connectivity index (χ3v) is 7.27. The van der Waals surface area contributed by atoms with Gasteiger partial charge >= 0.3 is 0 Å². The van der Waals surface area contributed by atoms with Gasteiger partial charge in [0.2, 0.25) is 5.91 Å². The van der Waals surface area contributed by atoms with Gasteiger partial charge in [0.25, 0.3) is 11.1 Å². The molecule has 1 aromatic carbocycles. The van der Waals surface area contributed by atoms with Crippen LogP contribution in [-0.4, -0.2) is 59.6 Å². The van der Waals surface area contributed by atoms with Gasteiger partial charge in [0, 0.05) is 36.7 Å². The predicted molar refractivity (Wildman–Crippen MR) is 120 cm³/mol. The Morgan fingerprint density at radius 3 is 2.41 bits per heavy atom. The minimum atomic E-state index is -0.402. The first-order chi connectivity index (χ1) is 14.0. The van der Waals surface area contributed by atoms with E-state index in [1.54, 1.807) is 11.0 Å². The Balaban J connectivity index is 1.35. The lowest BCUT2D eigenvalue weighted by Crippen LogP contribution is -2.51. The summed E-state index contributed by atoms with van der Waals surface area (Å²) in [6.45, 7) is 2.39. The SMILES string of the molecule is O=C(CN1C(=O)S/C(=C/c2ccc(Br)s2)C1=O)N1CCN(c2ccccc2)CC1. The number of hydrogen-bond acceptors (Lipinski definition) is 6. The van der Waals surface area contributed by atoms with Crippen molar-refractivity contribution in [1.82, 2.24) is 9.80 Å². The number of carbonyl (C=O) groups is 3. The second-order valence-corrected chi connectivity index (χ2v) is 10.1.